The molecule has 0 saturated heterocycles. The number of hydrogen-bond acceptors (Lipinski definition) is 5. The van der Waals surface area contributed by atoms with Crippen molar-refractivity contribution in [2.24, 2.45) is 0 Å². The van der Waals surface area contributed by atoms with Crippen LogP contribution in [0.5, 0.6) is 11.5 Å². The first-order valence-corrected chi connectivity index (χ1v) is 10.2. The molecule has 0 radical (unpaired) electrons. The summed E-state index contributed by atoms with van der Waals surface area (Å²) >= 11 is 0. The lowest BCUT2D eigenvalue weighted by Gasteiger charge is -2.19. The molecule has 5 aromatic rings. The number of halogens is 1. The van der Waals surface area contributed by atoms with E-state index in [1.807, 2.05) is 24.3 Å². The summed E-state index contributed by atoms with van der Waals surface area (Å²) in [7, 11) is 0. The SMILES string of the molecule is O=c1c2cnc3c(-c4ccc(F)cc4)cnn3c2ccn1Cc1ccc2c(c1)OCCO2. The number of hydrogen-bond donors (Lipinski definition) is 0. The molecule has 0 spiro atoms. The molecule has 4 heterocycles. The minimum atomic E-state index is -0.304. The molecule has 0 bridgehead atoms. The molecule has 0 atom stereocenters. The Kier molecular flexibility index (Phi) is 4.17. The van der Waals surface area contributed by atoms with E-state index in [2.05, 4.69) is 10.1 Å². The Morgan fingerprint density at radius 3 is 2.62 bits per heavy atom. The number of rotatable bonds is 3. The molecule has 3 aromatic heterocycles. The Morgan fingerprint density at radius 1 is 0.969 bits per heavy atom. The van der Waals surface area contributed by atoms with Crippen LogP contribution in [0.25, 0.3) is 27.7 Å². The lowest BCUT2D eigenvalue weighted by molar-refractivity contribution is 0.171. The normalized spacial score (nSPS) is 13.0. The third-order valence-electron chi connectivity index (χ3n) is 5.58. The van der Waals surface area contributed by atoms with Crippen LogP contribution in [0.4, 0.5) is 4.39 Å². The van der Waals surface area contributed by atoms with E-state index in [-0.39, 0.29) is 11.4 Å². The van der Waals surface area contributed by atoms with Gasteiger partial charge in [-0.3, -0.25) is 4.79 Å². The lowest BCUT2D eigenvalue weighted by Crippen LogP contribution is -2.21. The van der Waals surface area contributed by atoms with E-state index in [1.165, 1.54) is 12.1 Å². The highest BCUT2D eigenvalue weighted by molar-refractivity contribution is 5.85. The molecule has 0 saturated carbocycles. The number of aromatic nitrogens is 4. The minimum absolute atomic E-state index is 0.161. The van der Waals surface area contributed by atoms with Crippen LogP contribution in [0.1, 0.15) is 5.56 Å². The van der Waals surface area contributed by atoms with Gasteiger partial charge in [0.25, 0.3) is 5.56 Å². The number of ether oxygens (including phenoxy) is 2. The molecule has 1 aliphatic rings. The van der Waals surface area contributed by atoms with Gasteiger partial charge in [-0.1, -0.05) is 18.2 Å². The Morgan fingerprint density at radius 2 is 1.78 bits per heavy atom. The number of fused-ring (bicyclic) bond motifs is 4. The minimum Gasteiger partial charge on any atom is -0.486 e. The summed E-state index contributed by atoms with van der Waals surface area (Å²) in [6.07, 6.45) is 5.00. The molecule has 8 heteroatoms. The van der Waals surface area contributed by atoms with Crippen LogP contribution in [0, 0.1) is 5.82 Å². The fourth-order valence-corrected chi connectivity index (χ4v) is 4.00. The van der Waals surface area contributed by atoms with Crippen LogP contribution in [0.15, 0.2) is 71.9 Å². The quantitative estimate of drug-likeness (QED) is 0.439. The number of nitrogens with zero attached hydrogens (tertiary/aromatic N) is 4. The van der Waals surface area contributed by atoms with E-state index in [1.54, 1.807) is 39.8 Å². The smallest absolute Gasteiger partial charge is 0.261 e. The first-order valence-electron chi connectivity index (χ1n) is 10.2. The summed E-state index contributed by atoms with van der Waals surface area (Å²) in [5, 5.41) is 4.89. The average molecular weight is 428 g/mol. The molecule has 0 amide bonds. The van der Waals surface area contributed by atoms with Crippen molar-refractivity contribution in [3.05, 3.63) is 88.9 Å². The third kappa shape index (κ3) is 2.99. The molecule has 1 aliphatic heterocycles. The van der Waals surface area contributed by atoms with Crippen LogP contribution >= 0.6 is 0 Å². The third-order valence-corrected chi connectivity index (χ3v) is 5.58. The maximum atomic E-state index is 13.3. The van der Waals surface area contributed by atoms with Crippen LogP contribution in [-0.2, 0) is 6.54 Å². The largest absolute Gasteiger partial charge is 0.486 e. The van der Waals surface area contributed by atoms with Gasteiger partial charge in [-0.15, -0.1) is 0 Å². The summed E-state index contributed by atoms with van der Waals surface area (Å²) in [5.41, 5.74) is 3.61. The van der Waals surface area contributed by atoms with Gasteiger partial charge in [0, 0.05) is 18.0 Å². The van der Waals surface area contributed by atoms with Crippen molar-refractivity contribution < 1.29 is 13.9 Å². The van der Waals surface area contributed by atoms with Gasteiger partial charge in [0.1, 0.15) is 19.0 Å². The fourth-order valence-electron chi connectivity index (χ4n) is 4.00. The van der Waals surface area contributed by atoms with Crippen molar-refractivity contribution in [3.8, 4) is 22.6 Å². The monoisotopic (exact) mass is 428 g/mol. The Balaban J connectivity index is 1.40. The first-order chi connectivity index (χ1) is 15.7. The number of benzene rings is 2. The molecule has 6 rings (SSSR count). The number of pyridine rings is 1. The summed E-state index contributed by atoms with van der Waals surface area (Å²) < 4.78 is 27.8. The molecule has 158 valence electrons. The molecule has 2 aromatic carbocycles. The maximum absolute atomic E-state index is 13.3. The second-order valence-electron chi connectivity index (χ2n) is 7.58. The van der Waals surface area contributed by atoms with E-state index in [9.17, 15) is 9.18 Å². The molecular weight excluding hydrogens is 411 g/mol. The Labute approximate surface area is 181 Å². The standard InChI is InChI=1S/C24H17FN4O3/c25-17-4-2-16(3-5-17)18-13-27-29-20-7-8-28(24(30)19(20)12-26-23(18)29)14-15-1-6-21-22(11-15)32-10-9-31-21/h1-8,11-13H,9-10,14H2. The second kappa shape index (κ2) is 7.19. The van der Waals surface area contributed by atoms with Crippen LogP contribution in [0.2, 0.25) is 0 Å². The average Bonchev–Trinajstić information content (AvgIpc) is 3.26. The van der Waals surface area contributed by atoms with Gasteiger partial charge in [-0.2, -0.15) is 5.10 Å². The van der Waals surface area contributed by atoms with Gasteiger partial charge in [0.15, 0.2) is 17.1 Å². The highest BCUT2D eigenvalue weighted by Gasteiger charge is 2.15. The van der Waals surface area contributed by atoms with E-state index in [0.717, 1.165) is 16.7 Å². The zero-order valence-electron chi connectivity index (χ0n) is 16.9. The van der Waals surface area contributed by atoms with Gasteiger partial charge >= 0.3 is 0 Å². The van der Waals surface area contributed by atoms with Crippen molar-refractivity contribution in [3.63, 3.8) is 0 Å². The van der Waals surface area contributed by atoms with Crippen LogP contribution in [-0.4, -0.2) is 32.4 Å². The molecule has 7 nitrogen and oxygen atoms in total. The van der Waals surface area contributed by atoms with E-state index >= 15 is 0 Å². The predicted molar refractivity (Wildman–Crippen MR) is 117 cm³/mol. The molecule has 0 unspecified atom stereocenters. The lowest BCUT2D eigenvalue weighted by atomic mass is 10.1. The van der Waals surface area contributed by atoms with Gasteiger partial charge in [0.05, 0.1) is 23.6 Å². The molecule has 0 fully saturated rings. The van der Waals surface area contributed by atoms with Crippen molar-refractivity contribution in [1.82, 2.24) is 19.2 Å². The molecule has 0 N–H and O–H groups in total. The maximum Gasteiger partial charge on any atom is 0.261 e. The van der Waals surface area contributed by atoms with E-state index in [4.69, 9.17) is 9.47 Å². The second-order valence-corrected chi connectivity index (χ2v) is 7.58. The fraction of sp³-hybridized carbons (Fsp3) is 0.125. The zero-order chi connectivity index (χ0) is 21.7. The zero-order valence-corrected chi connectivity index (χ0v) is 16.9. The topological polar surface area (TPSA) is 70.7 Å². The van der Waals surface area contributed by atoms with Crippen LogP contribution < -0.4 is 15.0 Å². The van der Waals surface area contributed by atoms with Gasteiger partial charge in [-0.05, 0) is 41.5 Å². The van der Waals surface area contributed by atoms with Gasteiger partial charge < -0.3 is 14.0 Å². The summed E-state index contributed by atoms with van der Waals surface area (Å²) in [6, 6.07) is 13.7. The Bertz CT molecular complexity index is 1540. The van der Waals surface area contributed by atoms with Crippen molar-refractivity contribution >= 4 is 16.6 Å². The summed E-state index contributed by atoms with van der Waals surface area (Å²) in [6.45, 7) is 1.44. The van der Waals surface area contributed by atoms with E-state index in [0.29, 0.717) is 47.8 Å². The van der Waals surface area contributed by atoms with Crippen molar-refractivity contribution in [2.75, 3.05) is 13.2 Å². The predicted octanol–water partition coefficient (Wildman–Crippen LogP) is 3.67. The van der Waals surface area contributed by atoms with Crippen molar-refractivity contribution in [2.45, 2.75) is 6.54 Å². The molecule has 0 aliphatic carbocycles. The molecule has 32 heavy (non-hydrogen) atoms. The van der Waals surface area contributed by atoms with Gasteiger partial charge in [0.2, 0.25) is 0 Å². The van der Waals surface area contributed by atoms with Crippen LogP contribution in [0.3, 0.4) is 0 Å². The highest BCUT2D eigenvalue weighted by Crippen LogP contribution is 2.31. The highest BCUT2D eigenvalue weighted by atomic mass is 19.1. The molecular formula is C24H17FN4O3. The summed E-state index contributed by atoms with van der Waals surface area (Å²) in [5.74, 6) is 1.10. The summed E-state index contributed by atoms with van der Waals surface area (Å²) in [4.78, 5) is 17.7. The van der Waals surface area contributed by atoms with E-state index < -0.39 is 0 Å². The first kappa shape index (κ1) is 18.6. The van der Waals surface area contributed by atoms with Crippen molar-refractivity contribution in [1.29, 1.82) is 0 Å². The van der Waals surface area contributed by atoms with Gasteiger partial charge in [-0.25, -0.2) is 13.9 Å². The Hall–Kier alpha value is -4.20.